The van der Waals surface area contributed by atoms with Crippen molar-refractivity contribution in [1.82, 2.24) is 0 Å². The van der Waals surface area contributed by atoms with Gasteiger partial charge in [-0.15, -0.1) is 0 Å². The second-order valence-corrected chi connectivity index (χ2v) is 2.40. The first-order valence-electron chi connectivity index (χ1n) is 3.49. The number of halogens is 6. The Morgan fingerprint density at radius 3 is 1.67 bits per heavy atom. The number of rotatable bonds is 2. The van der Waals surface area contributed by atoms with Gasteiger partial charge < -0.3 is 9.84 Å². The minimum atomic E-state index is -6.29. The van der Waals surface area contributed by atoms with Crippen LogP contribution in [0.4, 0.5) is 26.3 Å². The van der Waals surface area contributed by atoms with Crippen molar-refractivity contribution in [2.75, 3.05) is 6.61 Å². The molecule has 0 bridgehead atoms. The molecule has 15 heavy (non-hydrogen) atoms. The SMILES string of the molecule is CCOC(=O)C([O-])(C(F)(F)F)C(F)(F)F. The first kappa shape index (κ1) is 14.0. The molecule has 0 rings (SSSR count). The fraction of sp³-hybridized carbons (Fsp3) is 0.833. The topological polar surface area (TPSA) is 49.4 Å². The number of alkyl halides is 6. The van der Waals surface area contributed by atoms with Crippen LogP contribution in [-0.4, -0.2) is 30.5 Å². The third-order valence-electron chi connectivity index (χ3n) is 1.36. The summed E-state index contributed by atoms with van der Waals surface area (Å²) in [4.78, 5) is 10.4. The van der Waals surface area contributed by atoms with E-state index in [1.165, 1.54) is 0 Å². The molecule has 0 saturated carbocycles. The van der Waals surface area contributed by atoms with Crippen LogP contribution >= 0.6 is 0 Å². The van der Waals surface area contributed by atoms with Crippen molar-refractivity contribution in [1.29, 1.82) is 0 Å². The zero-order chi connectivity index (χ0) is 12.5. The van der Waals surface area contributed by atoms with Gasteiger partial charge in [0.15, 0.2) is 5.60 Å². The number of carbonyl (C=O) groups is 1. The Kier molecular flexibility index (Phi) is 3.62. The van der Waals surface area contributed by atoms with Crippen molar-refractivity contribution in [3.8, 4) is 0 Å². The molecule has 3 nitrogen and oxygen atoms in total. The number of ether oxygens (including phenoxy) is 1. The van der Waals surface area contributed by atoms with E-state index in [2.05, 4.69) is 4.74 Å². The third kappa shape index (κ3) is 2.33. The van der Waals surface area contributed by atoms with Crippen molar-refractivity contribution in [3.05, 3.63) is 0 Å². The van der Waals surface area contributed by atoms with Gasteiger partial charge in [-0.2, -0.15) is 26.3 Å². The molecule has 0 aromatic carbocycles. The van der Waals surface area contributed by atoms with E-state index in [1.807, 2.05) is 0 Å². The molecule has 90 valence electrons. The van der Waals surface area contributed by atoms with Gasteiger partial charge in [0.05, 0.1) is 6.61 Å². The number of hydrogen-bond acceptors (Lipinski definition) is 3. The Labute approximate surface area is 79.6 Å². The van der Waals surface area contributed by atoms with E-state index in [4.69, 9.17) is 0 Å². The van der Waals surface area contributed by atoms with Crippen molar-refractivity contribution < 1.29 is 41.0 Å². The van der Waals surface area contributed by atoms with Gasteiger partial charge >= 0.3 is 18.3 Å². The predicted molar refractivity (Wildman–Crippen MR) is 31.5 cm³/mol. The van der Waals surface area contributed by atoms with E-state index in [1.54, 1.807) is 0 Å². The fourth-order valence-electron chi connectivity index (χ4n) is 0.625. The van der Waals surface area contributed by atoms with E-state index in [-0.39, 0.29) is 0 Å². The molecule has 0 unspecified atom stereocenters. The van der Waals surface area contributed by atoms with Crippen LogP contribution in [0.5, 0.6) is 0 Å². The molecule has 0 aliphatic rings. The largest absolute Gasteiger partial charge is 0.828 e. The van der Waals surface area contributed by atoms with E-state index in [9.17, 15) is 36.2 Å². The quantitative estimate of drug-likeness (QED) is 0.528. The van der Waals surface area contributed by atoms with Crippen molar-refractivity contribution in [3.63, 3.8) is 0 Å². The lowest BCUT2D eigenvalue weighted by atomic mass is 10.0. The second kappa shape index (κ2) is 3.87. The smallest absolute Gasteiger partial charge is 0.399 e. The van der Waals surface area contributed by atoms with Crippen LogP contribution in [0.2, 0.25) is 0 Å². The van der Waals surface area contributed by atoms with E-state index >= 15 is 0 Å². The average molecular weight is 239 g/mol. The minimum absolute atomic E-state index is 0.755. The summed E-state index contributed by atoms with van der Waals surface area (Å²) >= 11 is 0. The Balaban J connectivity index is 5.33. The van der Waals surface area contributed by atoms with Crippen LogP contribution in [0, 0.1) is 0 Å². The summed E-state index contributed by atoms with van der Waals surface area (Å²) in [5.74, 6) is -2.90. The maximum atomic E-state index is 11.8. The summed E-state index contributed by atoms with van der Waals surface area (Å²) in [6.45, 7) is 0.222. The molecule has 0 aromatic heterocycles. The van der Waals surface area contributed by atoms with Gasteiger partial charge in [-0.05, 0) is 6.92 Å². The van der Waals surface area contributed by atoms with Gasteiger partial charge in [0.2, 0.25) is 0 Å². The lowest BCUT2D eigenvalue weighted by Gasteiger charge is -2.39. The molecule has 0 radical (unpaired) electrons. The van der Waals surface area contributed by atoms with Gasteiger partial charge in [0, 0.05) is 0 Å². The first-order chi connectivity index (χ1) is 6.48. The van der Waals surface area contributed by atoms with E-state index < -0.39 is 30.5 Å². The van der Waals surface area contributed by atoms with Crippen LogP contribution in [0.25, 0.3) is 0 Å². The Morgan fingerprint density at radius 1 is 1.13 bits per heavy atom. The van der Waals surface area contributed by atoms with Gasteiger partial charge in [0.25, 0.3) is 0 Å². The maximum absolute atomic E-state index is 11.8. The second-order valence-electron chi connectivity index (χ2n) is 2.40. The Hall–Kier alpha value is -0.990. The molecule has 0 aliphatic heterocycles. The van der Waals surface area contributed by atoms with Crippen LogP contribution in [0.15, 0.2) is 0 Å². The number of esters is 1. The monoisotopic (exact) mass is 239 g/mol. The summed E-state index contributed by atoms with van der Waals surface area (Å²) in [5, 5.41) is 10.5. The lowest BCUT2D eigenvalue weighted by Crippen LogP contribution is -2.71. The molecule has 0 saturated heterocycles. The highest BCUT2D eigenvalue weighted by Gasteiger charge is 2.68. The maximum Gasteiger partial charge on any atom is 0.399 e. The average Bonchev–Trinajstić information content (AvgIpc) is 1.99. The summed E-state index contributed by atoms with van der Waals surface area (Å²) in [5.41, 5.74) is -5.73. The number of hydrogen-bond donors (Lipinski definition) is 0. The van der Waals surface area contributed by atoms with Crippen molar-refractivity contribution >= 4 is 5.97 Å². The van der Waals surface area contributed by atoms with Gasteiger partial charge in [-0.1, -0.05) is 0 Å². The molecule has 0 N–H and O–H groups in total. The van der Waals surface area contributed by atoms with Gasteiger partial charge in [-0.25, -0.2) is 0 Å². The van der Waals surface area contributed by atoms with Crippen LogP contribution in [0.1, 0.15) is 6.92 Å². The highest BCUT2D eigenvalue weighted by molar-refractivity contribution is 5.81. The molecule has 0 spiro atoms. The standard InChI is InChI=1S/C6H5F6O3/c1-2-15-3(13)4(14,5(7,8)9)6(10,11)12/h2H2,1H3/q-1. The normalized spacial score (nSPS) is 13.9. The molecule has 0 heterocycles. The van der Waals surface area contributed by atoms with Gasteiger partial charge in [0.1, 0.15) is 0 Å². The highest BCUT2D eigenvalue weighted by atomic mass is 19.4. The molecule has 9 heteroatoms. The molecule has 0 aromatic rings. The zero-order valence-electron chi connectivity index (χ0n) is 7.20. The highest BCUT2D eigenvalue weighted by Crippen LogP contribution is 2.41. The minimum Gasteiger partial charge on any atom is -0.828 e. The van der Waals surface area contributed by atoms with Crippen molar-refractivity contribution in [2.45, 2.75) is 24.9 Å². The van der Waals surface area contributed by atoms with Crippen molar-refractivity contribution in [2.24, 2.45) is 0 Å². The molecule has 0 aliphatic carbocycles. The Morgan fingerprint density at radius 2 is 1.47 bits per heavy atom. The first-order valence-corrected chi connectivity index (χ1v) is 3.49. The lowest BCUT2D eigenvalue weighted by molar-refractivity contribution is -0.574. The summed E-state index contributed by atoms with van der Waals surface area (Å²) in [6, 6.07) is 0. The summed E-state index contributed by atoms with van der Waals surface area (Å²) in [7, 11) is 0. The molecule has 0 atom stereocenters. The Bertz CT molecular complexity index is 228. The molecule has 0 fully saturated rings. The van der Waals surface area contributed by atoms with Crippen LogP contribution < -0.4 is 5.11 Å². The zero-order valence-corrected chi connectivity index (χ0v) is 7.20. The van der Waals surface area contributed by atoms with E-state index in [0.717, 1.165) is 6.92 Å². The van der Waals surface area contributed by atoms with E-state index in [0.29, 0.717) is 0 Å². The molecular formula is C6H5F6O3-. The third-order valence-corrected chi connectivity index (χ3v) is 1.36. The summed E-state index contributed by atoms with van der Waals surface area (Å²) in [6.07, 6.45) is -12.6. The van der Waals surface area contributed by atoms with Crippen LogP contribution in [-0.2, 0) is 9.53 Å². The number of carbonyl (C=O) groups excluding carboxylic acids is 1. The predicted octanol–water partition coefficient (Wildman–Crippen LogP) is 0.773. The fourth-order valence-corrected chi connectivity index (χ4v) is 0.625. The summed E-state index contributed by atoms with van der Waals surface area (Å²) < 4.78 is 74.5. The molecule has 0 amide bonds. The van der Waals surface area contributed by atoms with Gasteiger partial charge in [-0.3, -0.25) is 4.79 Å². The van der Waals surface area contributed by atoms with Crippen LogP contribution in [0.3, 0.4) is 0 Å². The molecular weight excluding hydrogens is 234 g/mol.